The van der Waals surface area contributed by atoms with Gasteiger partial charge in [0.05, 0.1) is 18.2 Å². The highest BCUT2D eigenvalue weighted by atomic mass is 19.2. The smallest absolute Gasteiger partial charge is 0.407 e. The average molecular weight is 439 g/mol. The van der Waals surface area contributed by atoms with Crippen LogP contribution < -0.4 is 15.4 Å². The van der Waals surface area contributed by atoms with Crippen molar-refractivity contribution in [2.45, 2.75) is 19.1 Å². The largest absolute Gasteiger partial charge is 0.492 e. The van der Waals surface area contributed by atoms with Crippen LogP contribution in [0.25, 0.3) is 0 Å². The highest BCUT2D eigenvalue weighted by Gasteiger charge is 2.27. The second kappa shape index (κ2) is 9.42. The van der Waals surface area contributed by atoms with Gasteiger partial charge in [0, 0.05) is 36.1 Å². The molecule has 2 N–H and O–H groups in total. The van der Waals surface area contributed by atoms with Crippen molar-refractivity contribution < 1.29 is 27.8 Å². The van der Waals surface area contributed by atoms with Gasteiger partial charge in [0.25, 0.3) is 5.91 Å². The number of halogens is 2. The molecule has 0 unspecified atom stereocenters. The number of aromatic nitrogens is 1. The highest BCUT2D eigenvalue weighted by Crippen LogP contribution is 2.35. The number of hydrogen-bond donors (Lipinski definition) is 2. The number of carbonyl (C=O) groups is 2. The van der Waals surface area contributed by atoms with E-state index in [-0.39, 0.29) is 24.5 Å². The lowest BCUT2D eigenvalue weighted by molar-refractivity contribution is 0.102. The number of carbonyl (C=O) groups excluding carboxylic acids is 2. The number of fused-ring (bicyclic) bond motifs is 1. The molecule has 1 aliphatic heterocycles. The molecule has 4 rings (SSSR count). The number of para-hydroxylation sites is 1. The maximum absolute atomic E-state index is 13.4. The number of ether oxygens (including phenoxy) is 2. The summed E-state index contributed by atoms with van der Waals surface area (Å²) in [5, 5.41) is 5.32. The maximum Gasteiger partial charge on any atom is 0.407 e. The average Bonchev–Trinajstić information content (AvgIpc) is 2.80. The second-order valence-corrected chi connectivity index (χ2v) is 7.07. The number of hydrogen-bond acceptors (Lipinski definition) is 5. The summed E-state index contributed by atoms with van der Waals surface area (Å²) < 4.78 is 37.5. The molecule has 1 atom stereocenters. The minimum Gasteiger partial charge on any atom is -0.492 e. The normalized spacial score (nSPS) is 14.6. The summed E-state index contributed by atoms with van der Waals surface area (Å²) in [5.41, 5.74) is 1.74. The third-order valence-electron chi connectivity index (χ3n) is 4.91. The first-order valence-corrected chi connectivity index (χ1v) is 9.85. The van der Waals surface area contributed by atoms with Gasteiger partial charge in [-0.15, -0.1) is 0 Å². The van der Waals surface area contributed by atoms with Gasteiger partial charge in [-0.2, -0.15) is 0 Å². The lowest BCUT2D eigenvalue weighted by Gasteiger charge is -2.27. The second-order valence-electron chi connectivity index (χ2n) is 7.07. The molecule has 0 radical (unpaired) electrons. The van der Waals surface area contributed by atoms with E-state index in [1.165, 1.54) is 6.07 Å². The lowest BCUT2D eigenvalue weighted by Crippen LogP contribution is -2.33. The highest BCUT2D eigenvalue weighted by molar-refractivity contribution is 6.06. The predicted octanol–water partition coefficient (Wildman–Crippen LogP) is 4.36. The molecule has 0 aliphatic carbocycles. The van der Waals surface area contributed by atoms with Crippen LogP contribution in [-0.4, -0.2) is 23.6 Å². The first-order valence-electron chi connectivity index (χ1n) is 9.85. The van der Waals surface area contributed by atoms with Gasteiger partial charge >= 0.3 is 6.09 Å². The zero-order chi connectivity index (χ0) is 22.5. The van der Waals surface area contributed by atoms with Gasteiger partial charge in [-0.05, 0) is 35.9 Å². The Morgan fingerprint density at radius 3 is 2.69 bits per heavy atom. The van der Waals surface area contributed by atoms with Gasteiger partial charge < -0.3 is 20.1 Å². The van der Waals surface area contributed by atoms with E-state index in [0.29, 0.717) is 17.7 Å². The number of pyridine rings is 1. The standard InChI is InChI=1S/C23H19F2N3O4/c24-18-5-4-15(12-19(18)25)27-22(29)17-3-1-2-16-20(8-11-31-21(16)17)28-23(30)32-13-14-6-9-26-10-7-14/h1-7,9-10,12,20H,8,11,13H2,(H,27,29)(H,28,30)/t20-/m0/s1. The molecule has 7 nitrogen and oxygen atoms in total. The zero-order valence-electron chi connectivity index (χ0n) is 16.8. The molecule has 2 amide bonds. The van der Waals surface area contributed by atoms with Crippen LogP contribution in [0.1, 0.15) is 33.9 Å². The molecule has 1 aromatic heterocycles. The molecule has 0 spiro atoms. The van der Waals surface area contributed by atoms with Crippen LogP contribution in [-0.2, 0) is 11.3 Å². The number of nitrogens with one attached hydrogen (secondary N) is 2. The number of anilines is 1. The number of amides is 2. The monoisotopic (exact) mass is 439 g/mol. The summed E-state index contributed by atoms with van der Waals surface area (Å²) >= 11 is 0. The van der Waals surface area contributed by atoms with E-state index < -0.39 is 29.7 Å². The van der Waals surface area contributed by atoms with Crippen molar-refractivity contribution in [2.24, 2.45) is 0 Å². The first-order chi connectivity index (χ1) is 15.5. The lowest BCUT2D eigenvalue weighted by atomic mass is 9.97. The van der Waals surface area contributed by atoms with Crippen molar-refractivity contribution in [1.82, 2.24) is 10.3 Å². The maximum atomic E-state index is 13.4. The summed E-state index contributed by atoms with van der Waals surface area (Å²) in [6.45, 7) is 0.374. The molecule has 1 aliphatic rings. The van der Waals surface area contributed by atoms with E-state index in [4.69, 9.17) is 9.47 Å². The van der Waals surface area contributed by atoms with Crippen molar-refractivity contribution >= 4 is 17.7 Å². The van der Waals surface area contributed by atoms with E-state index in [9.17, 15) is 18.4 Å². The molecule has 2 aromatic carbocycles. The minimum atomic E-state index is -1.07. The molecule has 2 heterocycles. The molecule has 0 bridgehead atoms. The van der Waals surface area contributed by atoms with Crippen molar-refractivity contribution in [2.75, 3.05) is 11.9 Å². The van der Waals surface area contributed by atoms with Gasteiger partial charge in [0.2, 0.25) is 0 Å². The quantitative estimate of drug-likeness (QED) is 0.617. The van der Waals surface area contributed by atoms with Gasteiger partial charge in [0.15, 0.2) is 11.6 Å². The molecule has 32 heavy (non-hydrogen) atoms. The summed E-state index contributed by atoms with van der Waals surface area (Å²) in [6, 6.07) is 11.1. The van der Waals surface area contributed by atoms with Gasteiger partial charge in [-0.25, -0.2) is 13.6 Å². The van der Waals surface area contributed by atoms with Crippen LogP contribution in [0.5, 0.6) is 5.75 Å². The molecular formula is C23H19F2N3O4. The minimum absolute atomic E-state index is 0.0983. The van der Waals surface area contributed by atoms with Gasteiger partial charge in [0.1, 0.15) is 12.4 Å². The molecule has 0 saturated carbocycles. The Hall–Kier alpha value is -4.01. The van der Waals surface area contributed by atoms with E-state index in [1.54, 1.807) is 42.7 Å². The number of nitrogens with zero attached hydrogens (tertiary/aromatic N) is 1. The molecule has 9 heteroatoms. The van der Waals surface area contributed by atoms with Crippen molar-refractivity contribution in [3.8, 4) is 5.75 Å². The zero-order valence-corrected chi connectivity index (χ0v) is 16.8. The summed E-state index contributed by atoms with van der Waals surface area (Å²) in [5.74, 6) is -2.30. The Morgan fingerprint density at radius 2 is 1.91 bits per heavy atom. The number of alkyl carbamates (subject to hydrolysis) is 1. The van der Waals surface area contributed by atoms with Crippen LogP contribution in [0.3, 0.4) is 0 Å². The van der Waals surface area contributed by atoms with E-state index in [1.807, 2.05) is 0 Å². The molecule has 164 valence electrons. The predicted molar refractivity (Wildman–Crippen MR) is 111 cm³/mol. The SMILES string of the molecule is O=C(N[C@H]1CCOc2c(C(=O)Nc3ccc(F)c(F)c3)cccc21)OCc1ccncc1. The summed E-state index contributed by atoms with van der Waals surface area (Å²) in [6.07, 6.45) is 3.11. The Bertz CT molecular complexity index is 1140. The molecular weight excluding hydrogens is 420 g/mol. The van der Waals surface area contributed by atoms with Crippen molar-refractivity contribution in [3.63, 3.8) is 0 Å². The molecule has 0 saturated heterocycles. The number of benzene rings is 2. The molecule has 0 fully saturated rings. The fraction of sp³-hybridized carbons (Fsp3) is 0.174. The third-order valence-corrected chi connectivity index (χ3v) is 4.91. The van der Waals surface area contributed by atoms with Crippen LogP contribution in [0.4, 0.5) is 19.3 Å². The van der Waals surface area contributed by atoms with Crippen molar-refractivity contribution in [3.05, 3.63) is 89.2 Å². The molecule has 3 aromatic rings. The summed E-state index contributed by atoms with van der Waals surface area (Å²) in [4.78, 5) is 28.9. The Kier molecular flexibility index (Phi) is 6.25. The summed E-state index contributed by atoms with van der Waals surface area (Å²) in [7, 11) is 0. The topological polar surface area (TPSA) is 89.5 Å². The van der Waals surface area contributed by atoms with Crippen LogP contribution in [0, 0.1) is 11.6 Å². The van der Waals surface area contributed by atoms with E-state index in [0.717, 1.165) is 17.7 Å². The fourth-order valence-corrected chi connectivity index (χ4v) is 3.34. The van der Waals surface area contributed by atoms with Crippen LogP contribution in [0.15, 0.2) is 60.9 Å². The Balaban J connectivity index is 1.46. The van der Waals surface area contributed by atoms with Crippen molar-refractivity contribution in [1.29, 1.82) is 0 Å². The first kappa shape index (κ1) is 21.2. The van der Waals surface area contributed by atoms with Gasteiger partial charge in [-0.3, -0.25) is 9.78 Å². The van der Waals surface area contributed by atoms with E-state index in [2.05, 4.69) is 15.6 Å². The van der Waals surface area contributed by atoms with Gasteiger partial charge in [-0.1, -0.05) is 12.1 Å². The Morgan fingerprint density at radius 1 is 1.09 bits per heavy atom. The van der Waals surface area contributed by atoms with Crippen LogP contribution in [0.2, 0.25) is 0 Å². The van der Waals surface area contributed by atoms with E-state index >= 15 is 0 Å². The number of rotatable bonds is 5. The fourth-order valence-electron chi connectivity index (χ4n) is 3.34. The Labute approximate surface area is 182 Å². The third kappa shape index (κ3) is 4.83. The van der Waals surface area contributed by atoms with Crippen LogP contribution >= 0.6 is 0 Å².